The quantitative estimate of drug-likeness (QED) is 0.907. The molecule has 5 nitrogen and oxygen atoms in total. The second kappa shape index (κ2) is 5.32. The summed E-state index contributed by atoms with van der Waals surface area (Å²) >= 11 is 0. The molecule has 0 spiro atoms. The van der Waals surface area contributed by atoms with Gasteiger partial charge in [-0.2, -0.15) is 0 Å². The summed E-state index contributed by atoms with van der Waals surface area (Å²) in [7, 11) is 1.92. The summed E-state index contributed by atoms with van der Waals surface area (Å²) in [5.74, 6) is 0. The Morgan fingerprint density at radius 1 is 1.18 bits per heavy atom. The predicted octanol–water partition coefficient (Wildman–Crippen LogP) is 1.79. The highest BCUT2D eigenvalue weighted by atomic mass is 16.1. The van der Waals surface area contributed by atoms with Gasteiger partial charge in [0.25, 0.3) is 5.56 Å². The summed E-state index contributed by atoms with van der Waals surface area (Å²) in [6.07, 6.45) is 4.23. The lowest BCUT2D eigenvalue weighted by Gasteiger charge is -2.29. The van der Waals surface area contributed by atoms with Crippen molar-refractivity contribution >= 4 is 22.1 Å². The molecule has 0 unspecified atom stereocenters. The van der Waals surface area contributed by atoms with Gasteiger partial charge >= 0.3 is 0 Å². The lowest BCUT2D eigenvalue weighted by Crippen LogP contribution is -2.43. The van der Waals surface area contributed by atoms with Crippen LogP contribution in [0.5, 0.6) is 0 Å². The maximum absolute atomic E-state index is 12.7. The molecular formula is C17H22N4O. The van der Waals surface area contributed by atoms with Crippen LogP contribution in [0.4, 0.5) is 11.4 Å². The van der Waals surface area contributed by atoms with Crippen molar-refractivity contribution in [1.29, 1.82) is 0 Å². The van der Waals surface area contributed by atoms with E-state index in [9.17, 15) is 4.79 Å². The van der Waals surface area contributed by atoms with Crippen LogP contribution in [0.3, 0.4) is 0 Å². The van der Waals surface area contributed by atoms with Crippen LogP contribution in [0.1, 0.15) is 18.9 Å². The lowest BCUT2D eigenvalue weighted by atomic mass is 10.1. The van der Waals surface area contributed by atoms with Gasteiger partial charge in [-0.15, -0.1) is 0 Å². The van der Waals surface area contributed by atoms with E-state index in [1.54, 1.807) is 0 Å². The fraction of sp³-hybridized carbons (Fsp3) is 0.471. The zero-order valence-electron chi connectivity index (χ0n) is 12.9. The van der Waals surface area contributed by atoms with E-state index < -0.39 is 0 Å². The Bertz CT molecular complexity index is 757. The highest BCUT2D eigenvalue weighted by molar-refractivity contribution is 5.95. The Morgan fingerprint density at radius 3 is 2.64 bits per heavy atom. The Kier molecular flexibility index (Phi) is 3.30. The summed E-state index contributed by atoms with van der Waals surface area (Å²) in [5, 5.41) is 8.48. The first-order valence-electron chi connectivity index (χ1n) is 8.10. The van der Waals surface area contributed by atoms with E-state index in [1.807, 2.05) is 23.9 Å². The monoisotopic (exact) mass is 298 g/mol. The summed E-state index contributed by atoms with van der Waals surface area (Å²) in [6.45, 7) is 4.06. The number of anilines is 2. The average Bonchev–Trinajstić information content (AvgIpc) is 3.41. The van der Waals surface area contributed by atoms with Crippen molar-refractivity contribution in [3.8, 4) is 0 Å². The molecule has 0 atom stereocenters. The van der Waals surface area contributed by atoms with Gasteiger partial charge in [-0.1, -0.05) is 0 Å². The fourth-order valence-corrected chi connectivity index (χ4v) is 3.29. The Balaban J connectivity index is 1.84. The summed E-state index contributed by atoms with van der Waals surface area (Å²) < 4.78 is 1.90. The van der Waals surface area contributed by atoms with Crippen LogP contribution in [0.15, 0.2) is 29.2 Å². The number of piperazine rings is 1. The molecule has 1 saturated carbocycles. The molecule has 2 fully saturated rings. The van der Waals surface area contributed by atoms with Crippen molar-refractivity contribution in [2.45, 2.75) is 18.9 Å². The normalized spacial score (nSPS) is 18.7. The molecule has 116 valence electrons. The van der Waals surface area contributed by atoms with Crippen LogP contribution >= 0.6 is 0 Å². The smallest absolute Gasteiger partial charge is 0.258 e. The molecule has 2 aromatic rings. The van der Waals surface area contributed by atoms with Crippen LogP contribution in [0, 0.1) is 0 Å². The third kappa shape index (κ3) is 2.25. The lowest BCUT2D eigenvalue weighted by molar-refractivity contribution is 0.589. The highest BCUT2D eigenvalue weighted by Crippen LogP contribution is 2.35. The number of fused-ring (bicyclic) bond motifs is 1. The maximum Gasteiger partial charge on any atom is 0.258 e. The molecule has 0 amide bonds. The minimum absolute atomic E-state index is 0.142. The summed E-state index contributed by atoms with van der Waals surface area (Å²) in [5.41, 5.74) is 2.39. The van der Waals surface area contributed by atoms with E-state index in [-0.39, 0.29) is 5.56 Å². The van der Waals surface area contributed by atoms with E-state index in [2.05, 4.69) is 27.7 Å². The van der Waals surface area contributed by atoms with Gasteiger partial charge < -0.3 is 20.1 Å². The minimum Gasteiger partial charge on any atom is -0.386 e. The number of hydrogen-bond donors (Lipinski definition) is 2. The van der Waals surface area contributed by atoms with Crippen molar-refractivity contribution in [3.05, 3.63) is 34.7 Å². The standard InChI is InChI=1S/C17H22N4O/c1-18-16-11-21(12-2-3-12)17(22)14-5-4-13(10-15(14)16)20-8-6-19-7-9-20/h4-5,10-12,18-19H,2-3,6-9H2,1H3. The van der Waals surface area contributed by atoms with Gasteiger partial charge in [0.05, 0.1) is 5.69 Å². The van der Waals surface area contributed by atoms with Crippen molar-refractivity contribution < 1.29 is 0 Å². The molecule has 0 bridgehead atoms. The summed E-state index contributed by atoms with van der Waals surface area (Å²) in [4.78, 5) is 15.1. The fourth-order valence-electron chi connectivity index (χ4n) is 3.29. The van der Waals surface area contributed by atoms with E-state index in [1.165, 1.54) is 5.69 Å². The van der Waals surface area contributed by atoms with Crippen LogP contribution < -0.4 is 21.1 Å². The number of nitrogens with one attached hydrogen (secondary N) is 2. The maximum atomic E-state index is 12.7. The third-order valence-electron chi connectivity index (χ3n) is 4.72. The molecule has 22 heavy (non-hydrogen) atoms. The molecule has 2 aliphatic rings. The zero-order valence-corrected chi connectivity index (χ0v) is 12.9. The molecule has 2 heterocycles. The van der Waals surface area contributed by atoms with Crippen LogP contribution in [-0.4, -0.2) is 37.8 Å². The molecule has 1 aliphatic heterocycles. The molecule has 1 saturated heterocycles. The molecule has 1 aromatic heterocycles. The van der Waals surface area contributed by atoms with Gasteiger partial charge in [-0.05, 0) is 31.0 Å². The second-order valence-corrected chi connectivity index (χ2v) is 6.20. The van der Waals surface area contributed by atoms with Gasteiger partial charge in [0, 0.05) is 61.9 Å². The molecule has 1 aromatic carbocycles. The predicted molar refractivity (Wildman–Crippen MR) is 91.1 cm³/mol. The first-order chi connectivity index (χ1) is 10.8. The molecule has 5 heteroatoms. The Morgan fingerprint density at radius 2 is 1.95 bits per heavy atom. The SMILES string of the molecule is CNc1cn(C2CC2)c(=O)c2ccc(N3CCNCC3)cc12. The minimum atomic E-state index is 0.142. The first kappa shape index (κ1) is 13.6. The van der Waals surface area contributed by atoms with Crippen LogP contribution in [0.2, 0.25) is 0 Å². The van der Waals surface area contributed by atoms with E-state index in [0.29, 0.717) is 6.04 Å². The Hall–Kier alpha value is -2.01. The number of pyridine rings is 1. The van der Waals surface area contributed by atoms with Gasteiger partial charge in [-0.25, -0.2) is 0 Å². The number of hydrogen-bond acceptors (Lipinski definition) is 4. The molecule has 2 N–H and O–H groups in total. The molecule has 1 aliphatic carbocycles. The summed E-state index contributed by atoms with van der Waals surface area (Å²) in [6, 6.07) is 6.64. The van der Waals surface area contributed by atoms with E-state index in [0.717, 1.165) is 55.5 Å². The first-order valence-corrected chi connectivity index (χ1v) is 8.10. The zero-order chi connectivity index (χ0) is 15.1. The highest BCUT2D eigenvalue weighted by Gasteiger charge is 2.26. The third-order valence-corrected chi connectivity index (χ3v) is 4.72. The Labute approximate surface area is 129 Å². The van der Waals surface area contributed by atoms with Crippen LogP contribution in [0.25, 0.3) is 10.8 Å². The average molecular weight is 298 g/mol. The molecule has 0 radical (unpaired) electrons. The number of benzene rings is 1. The van der Waals surface area contributed by atoms with Crippen LogP contribution in [-0.2, 0) is 0 Å². The van der Waals surface area contributed by atoms with Crippen molar-refractivity contribution in [2.75, 3.05) is 43.4 Å². The topological polar surface area (TPSA) is 49.3 Å². The molecular weight excluding hydrogens is 276 g/mol. The van der Waals surface area contributed by atoms with Gasteiger partial charge in [0.2, 0.25) is 0 Å². The number of aromatic nitrogens is 1. The van der Waals surface area contributed by atoms with Crippen molar-refractivity contribution in [2.24, 2.45) is 0 Å². The molecule has 4 rings (SSSR count). The number of rotatable bonds is 3. The van der Waals surface area contributed by atoms with Gasteiger partial charge in [0.15, 0.2) is 0 Å². The largest absolute Gasteiger partial charge is 0.386 e. The van der Waals surface area contributed by atoms with Crippen molar-refractivity contribution in [1.82, 2.24) is 9.88 Å². The van der Waals surface area contributed by atoms with Crippen molar-refractivity contribution in [3.63, 3.8) is 0 Å². The number of nitrogens with zero attached hydrogens (tertiary/aromatic N) is 2. The second-order valence-electron chi connectivity index (χ2n) is 6.20. The van der Waals surface area contributed by atoms with E-state index >= 15 is 0 Å². The van der Waals surface area contributed by atoms with E-state index in [4.69, 9.17) is 0 Å². The van der Waals surface area contributed by atoms with Gasteiger partial charge in [0.1, 0.15) is 0 Å². The van der Waals surface area contributed by atoms with Gasteiger partial charge in [-0.3, -0.25) is 4.79 Å².